The number of hydrazine groups is 1. The molecule has 0 bridgehead atoms. The molecule has 3 N–H and O–H groups in total. The molecule has 3 heterocycles. The van der Waals surface area contributed by atoms with E-state index < -0.39 is 18.5 Å². The minimum absolute atomic E-state index is 0.192. The van der Waals surface area contributed by atoms with E-state index in [0.29, 0.717) is 22.9 Å². The second kappa shape index (κ2) is 6.07. The first kappa shape index (κ1) is 16.8. The van der Waals surface area contributed by atoms with Gasteiger partial charge in [-0.05, 0) is 36.4 Å². The quantitative estimate of drug-likeness (QED) is 0.692. The van der Waals surface area contributed by atoms with Gasteiger partial charge < -0.3 is 4.98 Å². The van der Waals surface area contributed by atoms with Crippen molar-refractivity contribution in [1.82, 2.24) is 15.5 Å². The van der Waals surface area contributed by atoms with Gasteiger partial charge in [0.1, 0.15) is 12.2 Å². The number of amides is 1. The van der Waals surface area contributed by atoms with Crippen LogP contribution in [0.25, 0.3) is 12.2 Å². The van der Waals surface area contributed by atoms with Crippen LogP contribution in [-0.4, -0.2) is 41.0 Å². The zero-order chi connectivity index (χ0) is 19.3. The lowest BCUT2D eigenvalue weighted by molar-refractivity contribution is -0.346. The molecule has 2 aliphatic heterocycles. The van der Waals surface area contributed by atoms with Crippen molar-refractivity contribution in [3.8, 4) is 0 Å². The minimum Gasteiger partial charge on any atom is -0.324 e. The minimum atomic E-state index is -3.62. The summed E-state index contributed by atoms with van der Waals surface area (Å²) >= 11 is 0. The van der Waals surface area contributed by atoms with Gasteiger partial charge in [-0.3, -0.25) is 19.6 Å². The summed E-state index contributed by atoms with van der Waals surface area (Å²) in [6.45, 7) is 0.387. The molecule has 1 aromatic heterocycles. The molecule has 0 radical (unpaired) electrons. The SMILES string of the molecule is O=C(Nc1nc2c([nH]1)=CC1OC(F)(F)OC1C=2)c1ccc(N2CN=NN2)cc1. The predicted molar refractivity (Wildman–Crippen MR) is 91.2 cm³/mol. The van der Waals surface area contributed by atoms with Crippen molar-refractivity contribution >= 4 is 29.7 Å². The van der Waals surface area contributed by atoms with E-state index in [1.54, 1.807) is 29.3 Å². The highest BCUT2D eigenvalue weighted by molar-refractivity contribution is 6.03. The molecule has 3 aliphatic rings. The number of carbonyl (C=O) groups is 1. The molecule has 5 rings (SSSR count). The molecule has 0 saturated carbocycles. The molecule has 2 aromatic rings. The van der Waals surface area contributed by atoms with Gasteiger partial charge in [0.2, 0.25) is 5.95 Å². The van der Waals surface area contributed by atoms with Crippen LogP contribution in [0.2, 0.25) is 0 Å². The number of H-pyrrole nitrogens is 1. The molecular formula is C16H13F2N7O3. The Morgan fingerprint density at radius 2 is 1.96 bits per heavy atom. The summed E-state index contributed by atoms with van der Waals surface area (Å²) in [7, 11) is 0. The third-order valence-electron chi connectivity index (χ3n) is 4.40. The second-order valence-corrected chi connectivity index (χ2v) is 6.26. The van der Waals surface area contributed by atoms with Crippen LogP contribution in [0.3, 0.4) is 0 Å². The van der Waals surface area contributed by atoms with Gasteiger partial charge in [0.15, 0.2) is 6.67 Å². The number of nitrogens with one attached hydrogen (secondary N) is 3. The number of benzene rings is 1. The molecule has 1 fully saturated rings. The highest BCUT2D eigenvalue weighted by Gasteiger charge is 2.48. The third kappa shape index (κ3) is 2.97. The van der Waals surface area contributed by atoms with Crippen LogP contribution < -0.4 is 26.6 Å². The number of ether oxygens (including phenoxy) is 2. The number of alkyl halides is 2. The van der Waals surface area contributed by atoms with Gasteiger partial charge in [-0.2, -0.15) is 5.53 Å². The van der Waals surface area contributed by atoms with E-state index in [2.05, 4.69) is 40.6 Å². The van der Waals surface area contributed by atoms with E-state index in [0.717, 1.165) is 5.69 Å². The monoisotopic (exact) mass is 389 g/mol. The van der Waals surface area contributed by atoms with E-state index in [4.69, 9.17) is 0 Å². The lowest BCUT2D eigenvalue weighted by atomic mass is 10.1. The summed E-state index contributed by atoms with van der Waals surface area (Å²) in [6.07, 6.45) is -2.59. The molecule has 144 valence electrons. The zero-order valence-electron chi connectivity index (χ0n) is 14.1. The van der Waals surface area contributed by atoms with Crippen molar-refractivity contribution in [2.45, 2.75) is 18.5 Å². The number of imidazole rings is 1. The Balaban J connectivity index is 1.31. The third-order valence-corrected chi connectivity index (χ3v) is 4.40. The number of anilines is 2. The van der Waals surface area contributed by atoms with E-state index in [1.165, 1.54) is 12.2 Å². The second-order valence-electron chi connectivity index (χ2n) is 6.26. The van der Waals surface area contributed by atoms with Crippen LogP contribution >= 0.6 is 0 Å². The van der Waals surface area contributed by atoms with Crippen LogP contribution in [0.4, 0.5) is 20.4 Å². The van der Waals surface area contributed by atoms with Gasteiger partial charge in [0.05, 0.1) is 16.4 Å². The number of halogens is 2. The van der Waals surface area contributed by atoms with Gasteiger partial charge in [0, 0.05) is 5.56 Å². The van der Waals surface area contributed by atoms with Crippen molar-refractivity contribution in [2.24, 2.45) is 10.3 Å². The summed E-state index contributed by atoms with van der Waals surface area (Å²) in [5.41, 5.74) is 3.94. The first-order chi connectivity index (χ1) is 13.5. The fourth-order valence-corrected chi connectivity index (χ4v) is 3.09. The van der Waals surface area contributed by atoms with Crippen molar-refractivity contribution in [1.29, 1.82) is 0 Å². The smallest absolute Gasteiger partial charge is 0.324 e. The molecule has 12 heteroatoms. The van der Waals surface area contributed by atoms with Crippen molar-refractivity contribution in [3.63, 3.8) is 0 Å². The standard InChI is InChI=1S/C16H13F2N7O3/c17-16(18)27-12-5-10-11(6-13(12)28-16)21-15(20-10)22-14(26)8-1-3-9(4-2-8)25-7-19-23-24-25/h1-6,12-13H,7H2,(H,19,24)(H2,20,21,22,26). The van der Waals surface area contributed by atoms with E-state index in [-0.39, 0.29) is 11.9 Å². The number of carbonyl (C=O) groups excluding carboxylic acids is 1. The number of hydrogen-bond donors (Lipinski definition) is 3. The normalized spacial score (nSPS) is 24.0. The van der Waals surface area contributed by atoms with Crippen molar-refractivity contribution in [2.75, 3.05) is 17.0 Å². The summed E-state index contributed by atoms with van der Waals surface area (Å²) < 4.78 is 35.3. The average Bonchev–Trinajstić information content (AvgIpc) is 3.36. The van der Waals surface area contributed by atoms with Crippen LogP contribution in [0.15, 0.2) is 34.6 Å². The Bertz CT molecular complexity index is 1030. The fourth-order valence-electron chi connectivity index (χ4n) is 3.09. The first-order valence-corrected chi connectivity index (χ1v) is 8.31. The molecule has 1 saturated heterocycles. The maximum Gasteiger partial charge on any atom is 0.486 e. The van der Waals surface area contributed by atoms with Gasteiger partial charge >= 0.3 is 6.29 Å². The summed E-state index contributed by atoms with van der Waals surface area (Å²) in [6, 6.07) is 6.81. The molecule has 1 amide bonds. The number of rotatable bonds is 3. The molecule has 2 atom stereocenters. The molecule has 10 nitrogen and oxygen atoms in total. The molecular weight excluding hydrogens is 376 g/mol. The Morgan fingerprint density at radius 1 is 1.21 bits per heavy atom. The molecule has 2 unspecified atom stereocenters. The Kier molecular flexibility index (Phi) is 3.64. The van der Waals surface area contributed by atoms with Crippen LogP contribution in [0.1, 0.15) is 10.4 Å². The van der Waals surface area contributed by atoms with Gasteiger partial charge in [-0.25, -0.2) is 9.99 Å². The molecule has 1 aliphatic carbocycles. The molecule has 28 heavy (non-hydrogen) atoms. The Hall–Kier alpha value is -3.38. The largest absolute Gasteiger partial charge is 0.486 e. The van der Waals surface area contributed by atoms with Crippen molar-refractivity contribution < 1.29 is 23.0 Å². The van der Waals surface area contributed by atoms with Crippen LogP contribution in [0.5, 0.6) is 0 Å². The topological polar surface area (TPSA) is 116 Å². The molecule has 0 spiro atoms. The van der Waals surface area contributed by atoms with Gasteiger partial charge in [0.25, 0.3) is 5.91 Å². The van der Waals surface area contributed by atoms with E-state index >= 15 is 0 Å². The summed E-state index contributed by atoms with van der Waals surface area (Å²) in [5, 5.41) is 12.7. The van der Waals surface area contributed by atoms with Gasteiger partial charge in [-0.15, -0.1) is 13.9 Å². The molecule has 1 aromatic carbocycles. The van der Waals surface area contributed by atoms with E-state index in [9.17, 15) is 13.6 Å². The maximum atomic E-state index is 13.2. The number of aromatic amines is 1. The number of aromatic nitrogens is 2. The zero-order valence-corrected chi connectivity index (χ0v) is 14.1. The van der Waals surface area contributed by atoms with Crippen LogP contribution in [0, 0.1) is 0 Å². The Morgan fingerprint density at radius 3 is 2.68 bits per heavy atom. The summed E-state index contributed by atoms with van der Waals surface area (Å²) in [4.78, 5) is 19.5. The number of fused-ring (bicyclic) bond motifs is 2. The number of hydrogen-bond acceptors (Lipinski definition) is 8. The first-order valence-electron chi connectivity index (χ1n) is 8.31. The summed E-state index contributed by atoms with van der Waals surface area (Å²) in [5.74, 6) is -0.183. The van der Waals surface area contributed by atoms with Crippen molar-refractivity contribution in [3.05, 3.63) is 40.5 Å². The maximum absolute atomic E-state index is 13.2. The Labute approximate surface area is 155 Å². The average molecular weight is 389 g/mol. The highest BCUT2D eigenvalue weighted by Crippen LogP contribution is 2.33. The predicted octanol–water partition coefficient (Wildman–Crippen LogP) is 0.220. The van der Waals surface area contributed by atoms with Crippen LogP contribution in [-0.2, 0) is 9.47 Å². The highest BCUT2D eigenvalue weighted by atomic mass is 19.3. The van der Waals surface area contributed by atoms with E-state index in [1.807, 2.05) is 0 Å². The van der Waals surface area contributed by atoms with Gasteiger partial charge in [-0.1, -0.05) is 5.22 Å². The number of nitrogens with zero attached hydrogens (tertiary/aromatic N) is 4. The lowest BCUT2D eigenvalue weighted by Gasteiger charge is -2.14. The fraction of sp³-hybridized carbons (Fsp3) is 0.250. The lowest BCUT2D eigenvalue weighted by Crippen LogP contribution is -2.36.